The maximum Gasteiger partial charge on any atom is 0.331 e. The fraction of sp³-hybridized carbons (Fsp3) is 0.286. The zero-order chi connectivity index (χ0) is 10.0. The van der Waals surface area contributed by atoms with E-state index in [9.17, 15) is 10.1 Å². The molecule has 1 aromatic rings. The van der Waals surface area contributed by atoms with Gasteiger partial charge in [0, 0.05) is 6.07 Å². The summed E-state index contributed by atoms with van der Waals surface area (Å²) in [7, 11) is 1.31. The number of pyridine rings is 1. The number of halogens is 1. The third-order valence-electron chi connectivity index (χ3n) is 1.49. The zero-order valence-corrected chi connectivity index (χ0v) is 7.83. The van der Waals surface area contributed by atoms with E-state index in [-0.39, 0.29) is 16.7 Å². The van der Waals surface area contributed by atoms with E-state index in [1.165, 1.54) is 13.2 Å². The Bertz CT molecular complexity index is 354. The van der Waals surface area contributed by atoms with E-state index < -0.39 is 4.92 Å². The first kappa shape index (κ1) is 9.73. The van der Waals surface area contributed by atoms with Crippen LogP contribution < -0.4 is 4.74 Å². The molecule has 0 radical (unpaired) electrons. The number of hydrogen-bond acceptors (Lipinski definition) is 4. The molecule has 0 aliphatic carbocycles. The molecule has 0 amide bonds. The van der Waals surface area contributed by atoms with Gasteiger partial charge in [0.05, 0.1) is 12.0 Å². The summed E-state index contributed by atoms with van der Waals surface area (Å²) in [6.45, 7) is 1.64. The van der Waals surface area contributed by atoms with E-state index in [2.05, 4.69) is 4.98 Å². The second-order valence-corrected chi connectivity index (χ2v) is 2.74. The topological polar surface area (TPSA) is 65.3 Å². The lowest BCUT2D eigenvalue weighted by Crippen LogP contribution is -1.97. The predicted molar refractivity (Wildman–Crippen MR) is 47.2 cm³/mol. The van der Waals surface area contributed by atoms with Gasteiger partial charge in [-0.3, -0.25) is 10.1 Å². The molecule has 6 heteroatoms. The van der Waals surface area contributed by atoms with Crippen LogP contribution in [0.2, 0.25) is 5.15 Å². The second kappa shape index (κ2) is 3.57. The lowest BCUT2D eigenvalue weighted by molar-refractivity contribution is -0.386. The van der Waals surface area contributed by atoms with E-state index in [4.69, 9.17) is 16.3 Å². The maximum atomic E-state index is 10.5. The summed E-state index contributed by atoms with van der Waals surface area (Å²) in [4.78, 5) is 13.6. The van der Waals surface area contributed by atoms with Gasteiger partial charge in [-0.15, -0.1) is 0 Å². The van der Waals surface area contributed by atoms with Gasteiger partial charge < -0.3 is 4.74 Å². The van der Waals surface area contributed by atoms with Crippen LogP contribution in [0, 0.1) is 17.0 Å². The molecule has 0 aromatic carbocycles. The molecule has 0 N–H and O–H groups in total. The number of ether oxygens (including phenoxy) is 1. The van der Waals surface area contributed by atoms with Crippen molar-refractivity contribution in [2.45, 2.75) is 6.92 Å². The molecule has 5 nitrogen and oxygen atoms in total. The van der Waals surface area contributed by atoms with Crippen LogP contribution in [0.5, 0.6) is 5.88 Å². The molecule has 0 atom stereocenters. The molecule has 1 rings (SSSR count). The number of rotatable bonds is 2. The van der Waals surface area contributed by atoms with Crippen LogP contribution in [0.15, 0.2) is 6.07 Å². The molecule has 0 fully saturated rings. The van der Waals surface area contributed by atoms with Crippen LogP contribution in [0.3, 0.4) is 0 Å². The Morgan fingerprint density at radius 3 is 2.77 bits per heavy atom. The fourth-order valence-corrected chi connectivity index (χ4v) is 0.973. The Balaban J connectivity index is 3.33. The first-order chi connectivity index (χ1) is 6.06. The molecule has 13 heavy (non-hydrogen) atoms. The monoisotopic (exact) mass is 202 g/mol. The summed E-state index contributed by atoms with van der Waals surface area (Å²) in [5.41, 5.74) is 0.374. The molecule has 1 heterocycles. The van der Waals surface area contributed by atoms with E-state index >= 15 is 0 Å². The van der Waals surface area contributed by atoms with Gasteiger partial charge in [-0.25, -0.2) is 0 Å². The Hall–Kier alpha value is -1.36. The number of aromatic nitrogens is 1. The van der Waals surface area contributed by atoms with Crippen molar-refractivity contribution in [2.75, 3.05) is 7.11 Å². The number of methoxy groups -OCH3 is 1. The van der Waals surface area contributed by atoms with Gasteiger partial charge in [-0.05, 0) is 12.5 Å². The summed E-state index contributed by atoms with van der Waals surface area (Å²) < 4.78 is 4.71. The van der Waals surface area contributed by atoms with Crippen molar-refractivity contribution in [3.63, 3.8) is 0 Å². The number of nitro groups is 1. The van der Waals surface area contributed by atoms with Crippen molar-refractivity contribution in [2.24, 2.45) is 0 Å². The van der Waals surface area contributed by atoms with Gasteiger partial charge in [0.1, 0.15) is 5.15 Å². The second-order valence-electron chi connectivity index (χ2n) is 2.38. The summed E-state index contributed by atoms with van der Waals surface area (Å²) in [5.74, 6) is -0.0689. The van der Waals surface area contributed by atoms with Gasteiger partial charge in [0.2, 0.25) is 0 Å². The summed E-state index contributed by atoms with van der Waals surface area (Å²) >= 11 is 5.66. The molecule has 0 aliphatic heterocycles. The van der Waals surface area contributed by atoms with E-state index in [1.54, 1.807) is 6.92 Å². The summed E-state index contributed by atoms with van der Waals surface area (Å²) in [6, 6.07) is 1.33. The average molecular weight is 203 g/mol. The molecule has 0 aliphatic rings. The van der Waals surface area contributed by atoms with Crippen molar-refractivity contribution in [1.82, 2.24) is 4.98 Å². The summed E-state index contributed by atoms with van der Waals surface area (Å²) in [5, 5.41) is 10.7. The highest BCUT2D eigenvalue weighted by Crippen LogP contribution is 2.28. The smallest absolute Gasteiger partial charge is 0.331 e. The molecule has 1 aromatic heterocycles. The molecule has 0 spiro atoms. The van der Waals surface area contributed by atoms with Crippen LogP contribution in [0.4, 0.5) is 5.69 Å². The van der Waals surface area contributed by atoms with Gasteiger partial charge in [-0.1, -0.05) is 11.6 Å². The number of hydrogen-bond donors (Lipinski definition) is 0. The summed E-state index contributed by atoms with van der Waals surface area (Å²) in [6.07, 6.45) is 0. The molecule has 0 saturated heterocycles. The highest BCUT2D eigenvalue weighted by Gasteiger charge is 2.18. The van der Waals surface area contributed by atoms with Crippen LogP contribution in [0.25, 0.3) is 0 Å². The number of nitrogens with zero attached hydrogens (tertiary/aromatic N) is 2. The largest absolute Gasteiger partial charge is 0.476 e. The highest BCUT2D eigenvalue weighted by atomic mass is 35.5. The van der Waals surface area contributed by atoms with Crippen molar-refractivity contribution in [3.05, 3.63) is 26.9 Å². The Kier molecular flexibility index (Phi) is 2.67. The molecule has 0 bridgehead atoms. The number of aryl methyl sites for hydroxylation is 1. The van der Waals surface area contributed by atoms with Gasteiger partial charge in [0.25, 0.3) is 5.88 Å². The molecule has 0 saturated carbocycles. The minimum absolute atomic E-state index is 0.0689. The van der Waals surface area contributed by atoms with Crippen LogP contribution in [-0.2, 0) is 0 Å². The quantitative estimate of drug-likeness (QED) is 0.418. The van der Waals surface area contributed by atoms with Gasteiger partial charge >= 0.3 is 5.69 Å². The fourth-order valence-electron chi connectivity index (χ4n) is 0.842. The normalized spacial score (nSPS) is 9.77. The van der Waals surface area contributed by atoms with Gasteiger partial charge in [0.15, 0.2) is 0 Å². The minimum atomic E-state index is -0.560. The van der Waals surface area contributed by atoms with Crippen molar-refractivity contribution in [3.8, 4) is 5.88 Å². The Morgan fingerprint density at radius 2 is 2.31 bits per heavy atom. The van der Waals surface area contributed by atoms with Crippen LogP contribution in [-0.4, -0.2) is 17.0 Å². The first-order valence-corrected chi connectivity index (χ1v) is 3.79. The van der Waals surface area contributed by atoms with Crippen molar-refractivity contribution < 1.29 is 9.66 Å². The average Bonchev–Trinajstić information content (AvgIpc) is 2.08. The maximum absolute atomic E-state index is 10.5. The lowest BCUT2D eigenvalue weighted by Gasteiger charge is -2.02. The van der Waals surface area contributed by atoms with Gasteiger partial charge in [-0.2, -0.15) is 4.98 Å². The van der Waals surface area contributed by atoms with E-state index in [0.717, 1.165) is 0 Å². The van der Waals surface area contributed by atoms with Crippen molar-refractivity contribution >= 4 is 17.3 Å². The van der Waals surface area contributed by atoms with E-state index in [1.807, 2.05) is 0 Å². The minimum Gasteiger partial charge on any atom is -0.476 e. The Labute approximate surface area is 79.5 Å². The van der Waals surface area contributed by atoms with Crippen LogP contribution in [0.1, 0.15) is 5.56 Å². The van der Waals surface area contributed by atoms with E-state index in [0.29, 0.717) is 5.56 Å². The first-order valence-electron chi connectivity index (χ1n) is 3.41. The molecular formula is C7H7ClN2O3. The third-order valence-corrected chi connectivity index (χ3v) is 1.87. The molecular weight excluding hydrogens is 196 g/mol. The predicted octanol–water partition coefficient (Wildman–Crippen LogP) is 1.96. The van der Waals surface area contributed by atoms with Crippen molar-refractivity contribution in [1.29, 1.82) is 0 Å². The molecule has 0 unspecified atom stereocenters. The highest BCUT2D eigenvalue weighted by molar-refractivity contribution is 6.30. The molecule has 70 valence electrons. The third kappa shape index (κ3) is 1.86. The lowest BCUT2D eigenvalue weighted by atomic mass is 10.3. The SMILES string of the molecule is COc1nc(Cl)c(C)cc1[N+](=O)[O-]. The standard InChI is InChI=1S/C7H7ClN2O3/c1-4-3-5(10(11)12)7(13-2)9-6(4)8/h3H,1-2H3. The van der Waals surface area contributed by atoms with Crippen LogP contribution >= 0.6 is 11.6 Å². The Morgan fingerprint density at radius 1 is 1.69 bits per heavy atom. The zero-order valence-electron chi connectivity index (χ0n) is 7.07.